The van der Waals surface area contributed by atoms with Crippen LogP contribution in [0.1, 0.15) is 30.2 Å². The van der Waals surface area contributed by atoms with Crippen molar-refractivity contribution >= 4 is 17.3 Å². The van der Waals surface area contributed by atoms with Crippen LogP contribution in [0, 0.1) is 17.9 Å². The molecule has 8 heteroatoms. The lowest BCUT2D eigenvalue weighted by Crippen LogP contribution is -2.00. The Morgan fingerprint density at radius 1 is 1.03 bits per heavy atom. The number of anilines is 2. The van der Waals surface area contributed by atoms with Crippen LogP contribution in [0.5, 0.6) is 11.5 Å². The Morgan fingerprint density at radius 3 is 2.69 bits per heavy atom. The zero-order valence-electron chi connectivity index (χ0n) is 19.7. The molecule has 0 radical (unpaired) electrons. The number of aryl methyl sites for hydroxylation is 3. The Morgan fingerprint density at radius 2 is 1.91 bits per heavy atom. The largest absolute Gasteiger partial charge is 0.455 e. The summed E-state index contributed by atoms with van der Waals surface area (Å²) < 4.78 is 6.29. The van der Waals surface area contributed by atoms with Crippen LogP contribution in [0.25, 0.3) is 11.4 Å². The summed E-state index contributed by atoms with van der Waals surface area (Å²) in [4.78, 5) is 13.7. The summed E-state index contributed by atoms with van der Waals surface area (Å²) >= 11 is 0. The van der Waals surface area contributed by atoms with E-state index < -0.39 is 0 Å². The van der Waals surface area contributed by atoms with Gasteiger partial charge in [-0.2, -0.15) is 0 Å². The first-order valence-corrected chi connectivity index (χ1v) is 11.4. The Balaban J connectivity index is 1.56. The summed E-state index contributed by atoms with van der Waals surface area (Å²) in [5.74, 6) is 1.98. The van der Waals surface area contributed by atoms with Crippen LogP contribution in [0.3, 0.4) is 0 Å². The maximum atomic E-state index is 7.54. The third-order valence-corrected chi connectivity index (χ3v) is 5.47. The molecule has 0 saturated heterocycles. The summed E-state index contributed by atoms with van der Waals surface area (Å²) in [5.41, 5.74) is 12.4. The van der Waals surface area contributed by atoms with Crippen molar-refractivity contribution in [3.8, 4) is 22.9 Å². The number of ether oxygens (including phenoxy) is 1. The summed E-state index contributed by atoms with van der Waals surface area (Å²) in [6.45, 7) is 4.12. The second-order valence-corrected chi connectivity index (χ2v) is 8.03. The maximum Gasteiger partial charge on any atom is 0.155 e. The summed E-state index contributed by atoms with van der Waals surface area (Å²) in [5, 5.41) is 14.0. The van der Waals surface area contributed by atoms with Gasteiger partial charge in [0.15, 0.2) is 5.75 Å². The minimum Gasteiger partial charge on any atom is -0.455 e. The van der Waals surface area contributed by atoms with Gasteiger partial charge in [0.05, 0.1) is 5.69 Å². The molecule has 0 spiro atoms. The molecule has 0 atom stereocenters. The van der Waals surface area contributed by atoms with Crippen LogP contribution >= 0.6 is 0 Å². The van der Waals surface area contributed by atoms with E-state index in [0.717, 1.165) is 34.6 Å². The zero-order valence-corrected chi connectivity index (χ0v) is 19.7. The Bertz CT molecular complexity index is 1340. The average Bonchev–Trinajstić information content (AvgIpc) is 2.88. The van der Waals surface area contributed by atoms with Gasteiger partial charge in [-0.3, -0.25) is 10.4 Å². The Hall–Kier alpha value is -4.46. The second kappa shape index (κ2) is 11.1. The minimum atomic E-state index is 0.0663. The molecule has 4 rings (SSSR count). The number of pyridine rings is 3. The molecular formula is C27H27N7O. The van der Waals surface area contributed by atoms with Crippen LogP contribution in [-0.4, -0.2) is 20.8 Å². The van der Waals surface area contributed by atoms with Gasteiger partial charge >= 0.3 is 0 Å². The van der Waals surface area contributed by atoms with Crippen molar-refractivity contribution < 1.29 is 4.74 Å². The number of nitrogens with one attached hydrogen (secondary N) is 3. The van der Waals surface area contributed by atoms with E-state index in [1.807, 2.05) is 67.6 Å². The first-order valence-electron chi connectivity index (χ1n) is 11.4. The molecule has 35 heavy (non-hydrogen) atoms. The molecule has 3 heterocycles. The fourth-order valence-electron chi connectivity index (χ4n) is 3.69. The topological polar surface area (TPSA) is 120 Å². The van der Waals surface area contributed by atoms with Crippen molar-refractivity contribution in [2.24, 2.45) is 5.11 Å². The molecule has 0 unspecified atom stereocenters. The third kappa shape index (κ3) is 6.11. The summed E-state index contributed by atoms with van der Waals surface area (Å²) in [6, 6.07) is 19.3. The molecule has 0 amide bonds. The molecule has 176 valence electrons. The standard InChI is InChI=1S/C27H27N7O/c1-3-22-18(2)15-24(27(33-22)23-9-4-5-13-30-23)35-21-12-14-31-26(17-21)32-20-8-6-7-19(16-20)10-11-25(28)34-29/h4-9,12-17,28-29H,3,10-11H2,1-2H3,(H,31,32). The highest BCUT2D eigenvalue weighted by Crippen LogP contribution is 2.33. The molecule has 1 aromatic carbocycles. The number of hydrogen-bond acceptors (Lipinski definition) is 7. The number of benzene rings is 1. The van der Waals surface area contributed by atoms with Crippen molar-refractivity contribution in [2.75, 3.05) is 5.32 Å². The van der Waals surface area contributed by atoms with E-state index >= 15 is 0 Å². The highest BCUT2D eigenvalue weighted by atomic mass is 16.5. The highest BCUT2D eigenvalue weighted by molar-refractivity contribution is 5.79. The van der Waals surface area contributed by atoms with Gasteiger partial charge in [0.2, 0.25) is 0 Å². The van der Waals surface area contributed by atoms with E-state index in [4.69, 9.17) is 20.7 Å². The molecule has 0 fully saturated rings. The first kappa shape index (κ1) is 23.7. The number of amidine groups is 1. The lowest BCUT2D eigenvalue weighted by Gasteiger charge is -2.14. The SMILES string of the molecule is CCc1nc(-c2ccccn2)c(Oc2ccnc(Nc3cccc(CCC(=N)N=N)c3)c2)cc1C. The van der Waals surface area contributed by atoms with Gasteiger partial charge in [-0.05, 0) is 67.3 Å². The highest BCUT2D eigenvalue weighted by Gasteiger charge is 2.14. The maximum absolute atomic E-state index is 7.54. The summed E-state index contributed by atoms with van der Waals surface area (Å²) in [6.07, 6.45) is 5.34. The van der Waals surface area contributed by atoms with Crippen molar-refractivity contribution in [3.05, 3.63) is 89.9 Å². The lowest BCUT2D eigenvalue weighted by atomic mass is 10.1. The predicted molar refractivity (Wildman–Crippen MR) is 137 cm³/mol. The van der Waals surface area contributed by atoms with E-state index in [-0.39, 0.29) is 5.84 Å². The molecule has 4 aromatic rings. The number of hydrogen-bond donors (Lipinski definition) is 3. The van der Waals surface area contributed by atoms with Crippen molar-refractivity contribution in [1.82, 2.24) is 15.0 Å². The van der Waals surface area contributed by atoms with Crippen molar-refractivity contribution in [1.29, 1.82) is 10.9 Å². The monoisotopic (exact) mass is 465 g/mol. The van der Waals surface area contributed by atoms with Gasteiger partial charge in [0.25, 0.3) is 0 Å². The van der Waals surface area contributed by atoms with Crippen LogP contribution in [0.4, 0.5) is 11.5 Å². The summed E-state index contributed by atoms with van der Waals surface area (Å²) in [7, 11) is 0. The normalized spacial score (nSPS) is 10.6. The smallest absolute Gasteiger partial charge is 0.155 e. The zero-order chi connectivity index (χ0) is 24.6. The Labute approximate surface area is 204 Å². The van der Waals surface area contributed by atoms with E-state index in [1.165, 1.54) is 0 Å². The molecular weight excluding hydrogens is 438 g/mol. The quantitative estimate of drug-likeness (QED) is 0.141. The Kier molecular flexibility index (Phi) is 7.52. The molecule has 3 N–H and O–H groups in total. The fourth-order valence-corrected chi connectivity index (χ4v) is 3.69. The molecule has 0 bridgehead atoms. The third-order valence-electron chi connectivity index (χ3n) is 5.47. The van der Waals surface area contributed by atoms with Crippen LogP contribution in [0.2, 0.25) is 0 Å². The van der Waals surface area contributed by atoms with E-state index in [1.54, 1.807) is 12.4 Å². The van der Waals surface area contributed by atoms with E-state index in [2.05, 4.69) is 27.3 Å². The van der Waals surface area contributed by atoms with Gasteiger partial charge in [-0.15, -0.1) is 5.11 Å². The van der Waals surface area contributed by atoms with Crippen LogP contribution in [0.15, 0.2) is 78.2 Å². The molecule has 3 aromatic heterocycles. The molecule has 0 aliphatic carbocycles. The van der Waals surface area contributed by atoms with Crippen molar-refractivity contribution in [3.63, 3.8) is 0 Å². The lowest BCUT2D eigenvalue weighted by molar-refractivity contribution is 0.481. The second-order valence-electron chi connectivity index (χ2n) is 8.03. The average molecular weight is 466 g/mol. The van der Waals surface area contributed by atoms with E-state index in [0.29, 0.717) is 35.9 Å². The molecule has 0 aliphatic rings. The molecule has 0 saturated carbocycles. The fraction of sp³-hybridized carbons (Fsp3) is 0.185. The molecule has 8 nitrogen and oxygen atoms in total. The predicted octanol–water partition coefficient (Wildman–Crippen LogP) is 6.89. The van der Waals surface area contributed by atoms with Crippen LogP contribution in [-0.2, 0) is 12.8 Å². The number of nitrogens with zero attached hydrogens (tertiary/aromatic N) is 4. The van der Waals surface area contributed by atoms with Gasteiger partial charge in [-0.25, -0.2) is 15.5 Å². The molecule has 0 aliphatic heterocycles. The van der Waals surface area contributed by atoms with Gasteiger partial charge in [0.1, 0.15) is 23.1 Å². The van der Waals surface area contributed by atoms with Gasteiger partial charge in [-0.1, -0.05) is 25.1 Å². The first-order chi connectivity index (χ1) is 17.1. The van der Waals surface area contributed by atoms with Crippen LogP contribution < -0.4 is 10.1 Å². The number of rotatable bonds is 9. The number of aromatic nitrogens is 3. The minimum absolute atomic E-state index is 0.0663. The van der Waals surface area contributed by atoms with Gasteiger partial charge < -0.3 is 10.1 Å². The van der Waals surface area contributed by atoms with Crippen molar-refractivity contribution in [2.45, 2.75) is 33.1 Å². The van der Waals surface area contributed by atoms with Gasteiger partial charge in [0, 0.05) is 36.3 Å². The van der Waals surface area contributed by atoms with E-state index in [9.17, 15) is 0 Å².